The Balaban J connectivity index is 1.30. The third-order valence-electron chi connectivity index (χ3n) is 7.31. The summed E-state index contributed by atoms with van der Waals surface area (Å²) in [7, 11) is 1.57. The van der Waals surface area contributed by atoms with Crippen LogP contribution in [-0.2, 0) is 11.2 Å². The van der Waals surface area contributed by atoms with Crippen LogP contribution in [0.4, 0.5) is 0 Å². The summed E-state index contributed by atoms with van der Waals surface area (Å²) < 4.78 is 10.3. The summed E-state index contributed by atoms with van der Waals surface area (Å²) in [5.74, 6) is 2.76. The van der Waals surface area contributed by atoms with Crippen molar-refractivity contribution in [2.75, 3.05) is 26.7 Å². The molecule has 3 fully saturated rings. The second kappa shape index (κ2) is 7.54. The molecule has 1 aliphatic carbocycles. The molecule has 1 aromatic heterocycles. The number of hydrogen-bond acceptors (Lipinski definition) is 5. The lowest BCUT2D eigenvalue weighted by atomic mass is 9.68. The van der Waals surface area contributed by atoms with Gasteiger partial charge in [-0.1, -0.05) is 18.1 Å². The Morgan fingerprint density at radius 2 is 2.25 bits per heavy atom. The number of carbonyl (C=O) groups is 1. The van der Waals surface area contributed by atoms with Gasteiger partial charge in [-0.15, -0.1) is 0 Å². The van der Waals surface area contributed by atoms with Crippen LogP contribution >= 0.6 is 0 Å². The topological polar surface area (TPSA) is 58.8 Å². The van der Waals surface area contributed by atoms with Gasteiger partial charge in [-0.25, -0.2) is 0 Å². The van der Waals surface area contributed by atoms with Gasteiger partial charge in [-0.3, -0.25) is 9.69 Å². The van der Waals surface area contributed by atoms with Crippen molar-refractivity contribution in [2.45, 2.75) is 63.5 Å². The van der Waals surface area contributed by atoms with E-state index in [-0.39, 0.29) is 5.91 Å². The average Bonchev–Trinajstić information content (AvgIpc) is 3.20. The van der Waals surface area contributed by atoms with Gasteiger partial charge in [0.15, 0.2) is 0 Å². The van der Waals surface area contributed by atoms with Gasteiger partial charge in [0.2, 0.25) is 5.91 Å². The van der Waals surface area contributed by atoms with Crippen LogP contribution in [-0.4, -0.2) is 59.7 Å². The summed E-state index contributed by atoms with van der Waals surface area (Å²) in [5.41, 5.74) is 1.55. The SMILES string of the molecule is COc1cc(CCC(=O)N2CCCC3=C[C@H]4C[C@H](CN5CCCC[C@@H]45)[C@@H]32)on1. The molecule has 0 radical (unpaired) electrons. The third-order valence-corrected chi connectivity index (χ3v) is 7.31. The summed E-state index contributed by atoms with van der Waals surface area (Å²) in [6.07, 6.45) is 11.2. The van der Waals surface area contributed by atoms with Crippen molar-refractivity contribution in [2.24, 2.45) is 11.8 Å². The number of aryl methyl sites for hydroxylation is 1. The maximum absolute atomic E-state index is 13.1. The fourth-order valence-corrected chi connectivity index (χ4v) is 6.13. The van der Waals surface area contributed by atoms with Crippen molar-refractivity contribution in [1.29, 1.82) is 0 Å². The number of aromatic nitrogens is 1. The molecule has 4 aliphatic rings. The Labute approximate surface area is 166 Å². The maximum Gasteiger partial charge on any atom is 0.254 e. The number of likely N-dealkylation sites (tertiary alicyclic amines) is 1. The van der Waals surface area contributed by atoms with E-state index in [0.29, 0.717) is 36.6 Å². The fraction of sp³-hybridized carbons (Fsp3) is 0.727. The largest absolute Gasteiger partial charge is 0.479 e. The summed E-state index contributed by atoms with van der Waals surface area (Å²) >= 11 is 0. The number of amides is 1. The molecule has 0 spiro atoms. The van der Waals surface area contributed by atoms with Gasteiger partial charge in [-0.05, 0) is 55.6 Å². The Morgan fingerprint density at radius 1 is 1.32 bits per heavy atom. The quantitative estimate of drug-likeness (QED) is 0.746. The van der Waals surface area contributed by atoms with E-state index >= 15 is 0 Å². The van der Waals surface area contributed by atoms with Gasteiger partial charge in [-0.2, -0.15) is 0 Å². The van der Waals surface area contributed by atoms with Gasteiger partial charge in [0, 0.05) is 38.0 Å². The second-order valence-corrected chi connectivity index (χ2v) is 8.93. The van der Waals surface area contributed by atoms with E-state index in [4.69, 9.17) is 9.26 Å². The highest BCUT2D eigenvalue weighted by Gasteiger charge is 2.46. The summed E-state index contributed by atoms with van der Waals surface area (Å²) in [6, 6.07) is 2.85. The first kappa shape index (κ1) is 18.2. The first-order chi connectivity index (χ1) is 13.7. The molecular formula is C22H31N3O3. The molecule has 28 heavy (non-hydrogen) atoms. The Bertz CT molecular complexity index is 758. The van der Waals surface area contributed by atoms with Crippen molar-refractivity contribution in [1.82, 2.24) is 15.0 Å². The van der Waals surface area contributed by atoms with E-state index in [1.807, 2.05) is 0 Å². The molecule has 152 valence electrons. The normalized spacial score (nSPS) is 32.3. The van der Waals surface area contributed by atoms with E-state index in [9.17, 15) is 4.79 Å². The highest BCUT2D eigenvalue weighted by Crippen LogP contribution is 2.45. The van der Waals surface area contributed by atoms with Gasteiger partial charge < -0.3 is 14.2 Å². The molecule has 1 aromatic rings. The van der Waals surface area contributed by atoms with Crippen LogP contribution in [0.25, 0.3) is 0 Å². The van der Waals surface area contributed by atoms with Crippen LogP contribution in [0.15, 0.2) is 22.2 Å². The Hall–Kier alpha value is -1.82. The third kappa shape index (κ3) is 3.25. The molecule has 0 saturated carbocycles. The minimum atomic E-state index is 0.255. The Kier molecular flexibility index (Phi) is 4.91. The monoisotopic (exact) mass is 385 g/mol. The number of methoxy groups -OCH3 is 1. The number of carbonyl (C=O) groups excluding carboxylic acids is 1. The molecule has 6 nitrogen and oxygen atoms in total. The molecule has 5 rings (SSSR count). The van der Waals surface area contributed by atoms with Crippen molar-refractivity contribution >= 4 is 5.91 Å². The van der Waals surface area contributed by atoms with E-state index in [0.717, 1.165) is 24.8 Å². The zero-order valence-electron chi connectivity index (χ0n) is 16.8. The predicted octanol–water partition coefficient (Wildman–Crippen LogP) is 3.04. The molecule has 0 N–H and O–H groups in total. The maximum atomic E-state index is 13.1. The first-order valence-corrected chi connectivity index (χ1v) is 11.0. The van der Waals surface area contributed by atoms with Crippen LogP contribution < -0.4 is 4.74 Å². The zero-order chi connectivity index (χ0) is 19.1. The van der Waals surface area contributed by atoms with Crippen LogP contribution in [0, 0.1) is 11.8 Å². The van der Waals surface area contributed by atoms with Gasteiger partial charge in [0.25, 0.3) is 5.88 Å². The minimum Gasteiger partial charge on any atom is -0.479 e. The first-order valence-electron chi connectivity index (χ1n) is 11.0. The molecule has 0 unspecified atom stereocenters. The average molecular weight is 386 g/mol. The highest BCUT2D eigenvalue weighted by atomic mass is 16.5. The number of rotatable bonds is 4. The molecule has 6 heteroatoms. The van der Waals surface area contributed by atoms with Crippen LogP contribution in [0.3, 0.4) is 0 Å². The van der Waals surface area contributed by atoms with E-state index in [2.05, 4.69) is 21.0 Å². The smallest absolute Gasteiger partial charge is 0.254 e. The summed E-state index contributed by atoms with van der Waals surface area (Å²) in [4.78, 5) is 18.1. The van der Waals surface area contributed by atoms with E-state index in [1.54, 1.807) is 18.7 Å². The molecule has 3 aliphatic heterocycles. The second-order valence-electron chi connectivity index (χ2n) is 8.93. The van der Waals surface area contributed by atoms with Crippen molar-refractivity contribution in [3.63, 3.8) is 0 Å². The van der Waals surface area contributed by atoms with Crippen molar-refractivity contribution in [3.05, 3.63) is 23.5 Å². The Morgan fingerprint density at radius 3 is 3.11 bits per heavy atom. The minimum absolute atomic E-state index is 0.255. The predicted molar refractivity (Wildman–Crippen MR) is 105 cm³/mol. The lowest BCUT2D eigenvalue weighted by Gasteiger charge is -2.54. The molecular weight excluding hydrogens is 354 g/mol. The van der Waals surface area contributed by atoms with Crippen LogP contribution in [0.1, 0.15) is 50.7 Å². The number of piperidine rings is 3. The van der Waals surface area contributed by atoms with Gasteiger partial charge >= 0.3 is 0 Å². The van der Waals surface area contributed by atoms with Gasteiger partial charge in [0.05, 0.1) is 13.2 Å². The molecule has 1 amide bonds. The molecule has 4 heterocycles. The molecule has 3 saturated heterocycles. The number of nitrogens with zero attached hydrogens (tertiary/aromatic N) is 3. The summed E-state index contributed by atoms with van der Waals surface area (Å²) in [6.45, 7) is 3.31. The summed E-state index contributed by atoms with van der Waals surface area (Å²) in [5, 5.41) is 3.83. The molecule has 2 bridgehead atoms. The van der Waals surface area contributed by atoms with Crippen LogP contribution in [0.2, 0.25) is 0 Å². The molecule has 0 aromatic carbocycles. The van der Waals surface area contributed by atoms with Gasteiger partial charge in [0.1, 0.15) is 5.76 Å². The van der Waals surface area contributed by atoms with Crippen molar-refractivity contribution < 1.29 is 14.1 Å². The van der Waals surface area contributed by atoms with E-state index < -0.39 is 0 Å². The fourth-order valence-electron chi connectivity index (χ4n) is 6.13. The zero-order valence-corrected chi connectivity index (χ0v) is 16.8. The standard InChI is InChI=1S/C22H31N3O3/c1-27-20-13-18(28-23-20)7-8-21(26)25-10-4-5-15-11-16-12-17(22(15)25)14-24-9-3-2-6-19(16)24/h11,13,16-17,19,22H,2-10,12,14H2,1H3/t16-,17+,19-,22+/m0/s1. The van der Waals surface area contributed by atoms with Crippen LogP contribution in [0.5, 0.6) is 5.88 Å². The number of fused-ring (bicyclic) bond motifs is 6. The van der Waals surface area contributed by atoms with Crippen molar-refractivity contribution in [3.8, 4) is 5.88 Å². The number of ether oxygens (including phenoxy) is 1. The molecule has 4 atom stereocenters. The van der Waals surface area contributed by atoms with E-state index in [1.165, 1.54) is 45.2 Å². The highest BCUT2D eigenvalue weighted by molar-refractivity contribution is 5.77. The number of hydrogen-bond donors (Lipinski definition) is 0. The lowest BCUT2D eigenvalue weighted by Crippen LogP contribution is -2.60. The lowest BCUT2D eigenvalue weighted by molar-refractivity contribution is -0.136.